The van der Waals surface area contributed by atoms with Crippen LogP contribution in [0.15, 0.2) is 52.9 Å². The maximum atomic E-state index is 14.6. The average molecular weight is 414 g/mol. The lowest BCUT2D eigenvalue weighted by Gasteiger charge is -2.32. The van der Waals surface area contributed by atoms with E-state index in [2.05, 4.69) is 27.8 Å². The first-order valence-corrected chi connectivity index (χ1v) is 9.24. The van der Waals surface area contributed by atoms with Gasteiger partial charge in [0.2, 0.25) is 0 Å². The Morgan fingerprint density at radius 2 is 2.23 bits per heavy atom. The number of nitrogens with zero attached hydrogens (tertiary/aromatic N) is 3. The highest BCUT2D eigenvalue weighted by Gasteiger charge is 2.48. The van der Waals surface area contributed by atoms with E-state index in [0.29, 0.717) is 17.7 Å². The van der Waals surface area contributed by atoms with Crippen LogP contribution in [0.25, 0.3) is 0 Å². The summed E-state index contributed by atoms with van der Waals surface area (Å²) < 4.78 is 17.5. The quantitative estimate of drug-likeness (QED) is 0.796. The molecule has 2 aromatic rings. The summed E-state index contributed by atoms with van der Waals surface area (Å²) in [6, 6.07) is 6.06. The zero-order chi connectivity index (χ0) is 18.5. The number of aliphatic hydroxyl groups is 1. The van der Waals surface area contributed by atoms with Crippen LogP contribution in [0.2, 0.25) is 0 Å². The highest BCUT2D eigenvalue weighted by Crippen LogP contribution is 2.50. The molecule has 4 nitrogen and oxygen atoms in total. The summed E-state index contributed by atoms with van der Waals surface area (Å²) in [5.41, 5.74) is 1.14. The molecule has 0 bridgehead atoms. The van der Waals surface area contributed by atoms with Gasteiger partial charge in [0.15, 0.2) is 0 Å². The topological polar surface area (TPSA) is 61.8 Å². The van der Waals surface area contributed by atoms with Crippen molar-refractivity contribution in [1.29, 1.82) is 5.26 Å². The highest BCUT2D eigenvalue weighted by atomic mass is 79.9. The second-order valence-electron chi connectivity index (χ2n) is 6.96. The number of aromatic nitrogens is 2. The second-order valence-corrected chi connectivity index (χ2v) is 7.97. The summed E-state index contributed by atoms with van der Waals surface area (Å²) >= 11 is 3.52. The molecule has 1 aliphatic carbocycles. The van der Waals surface area contributed by atoms with Crippen LogP contribution in [0.4, 0.5) is 4.39 Å². The number of allylic oxidation sites excluding steroid dienone is 3. The van der Waals surface area contributed by atoms with Gasteiger partial charge in [-0.1, -0.05) is 41.1 Å². The van der Waals surface area contributed by atoms with Gasteiger partial charge in [-0.2, -0.15) is 5.26 Å². The number of benzene rings is 1. The molecule has 0 saturated carbocycles. The van der Waals surface area contributed by atoms with E-state index >= 15 is 0 Å². The number of rotatable bonds is 2. The van der Waals surface area contributed by atoms with Crippen molar-refractivity contribution in [3.63, 3.8) is 0 Å². The number of hydrogen-bond donors (Lipinski definition) is 1. The Morgan fingerprint density at radius 1 is 1.42 bits per heavy atom. The third-order valence-corrected chi connectivity index (χ3v) is 5.94. The molecule has 6 heteroatoms. The second kappa shape index (κ2) is 6.19. The molecule has 1 N–H and O–H groups in total. The van der Waals surface area contributed by atoms with E-state index in [1.54, 1.807) is 24.7 Å². The third-order valence-electron chi connectivity index (χ3n) is 5.36. The SMILES string of the molecule is CC1CC(Br)=CC=C1C1(O)C[C@H](c2ccc(C#N)cc2F)n2cncc21. The van der Waals surface area contributed by atoms with Gasteiger partial charge in [-0.15, -0.1) is 0 Å². The maximum absolute atomic E-state index is 14.6. The Hall–Kier alpha value is -2.23. The Morgan fingerprint density at radius 3 is 2.92 bits per heavy atom. The van der Waals surface area contributed by atoms with Gasteiger partial charge in [0, 0.05) is 12.0 Å². The van der Waals surface area contributed by atoms with Gasteiger partial charge < -0.3 is 9.67 Å². The van der Waals surface area contributed by atoms with E-state index in [1.165, 1.54) is 6.07 Å². The van der Waals surface area contributed by atoms with Crippen molar-refractivity contribution >= 4 is 15.9 Å². The molecular weight excluding hydrogens is 397 g/mol. The Labute approximate surface area is 159 Å². The molecule has 0 amide bonds. The van der Waals surface area contributed by atoms with Gasteiger partial charge in [-0.25, -0.2) is 9.37 Å². The molecule has 0 fully saturated rings. The lowest BCUT2D eigenvalue weighted by molar-refractivity contribution is 0.0640. The predicted octanol–water partition coefficient (Wildman–Crippen LogP) is 4.32. The molecule has 0 spiro atoms. The van der Waals surface area contributed by atoms with Crippen molar-refractivity contribution in [2.24, 2.45) is 5.92 Å². The third kappa shape index (κ3) is 2.54. The Balaban J connectivity index is 1.80. The summed E-state index contributed by atoms with van der Waals surface area (Å²) in [6.07, 6.45) is 8.36. The van der Waals surface area contributed by atoms with Crippen LogP contribution in [0.5, 0.6) is 0 Å². The molecule has 26 heavy (non-hydrogen) atoms. The highest BCUT2D eigenvalue weighted by molar-refractivity contribution is 9.11. The number of imidazole rings is 1. The molecule has 3 atom stereocenters. The molecule has 0 radical (unpaired) electrons. The molecular formula is C20H17BrFN3O. The van der Waals surface area contributed by atoms with Crippen LogP contribution >= 0.6 is 15.9 Å². The predicted molar refractivity (Wildman–Crippen MR) is 98.9 cm³/mol. The number of nitriles is 1. The molecule has 4 rings (SSSR count). The maximum Gasteiger partial charge on any atom is 0.130 e. The molecule has 1 aromatic carbocycles. The van der Waals surface area contributed by atoms with E-state index in [-0.39, 0.29) is 17.5 Å². The molecule has 0 saturated heterocycles. The Kier molecular flexibility index (Phi) is 4.09. The van der Waals surface area contributed by atoms with Gasteiger partial charge in [0.05, 0.1) is 35.9 Å². The van der Waals surface area contributed by atoms with Crippen molar-refractivity contribution < 1.29 is 9.50 Å². The molecule has 2 unspecified atom stereocenters. The van der Waals surface area contributed by atoms with E-state index in [0.717, 1.165) is 16.5 Å². The minimum absolute atomic E-state index is 0.160. The van der Waals surface area contributed by atoms with E-state index in [1.807, 2.05) is 22.8 Å². The van der Waals surface area contributed by atoms with Crippen LogP contribution < -0.4 is 0 Å². The molecule has 1 aromatic heterocycles. The zero-order valence-corrected chi connectivity index (χ0v) is 15.7. The molecule has 132 valence electrons. The van der Waals surface area contributed by atoms with Crippen LogP contribution in [0, 0.1) is 23.1 Å². The first kappa shape index (κ1) is 17.2. The smallest absolute Gasteiger partial charge is 0.130 e. The monoisotopic (exact) mass is 413 g/mol. The average Bonchev–Trinajstić information content (AvgIpc) is 3.18. The van der Waals surface area contributed by atoms with Crippen LogP contribution in [-0.4, -0.2) is 14.7 Å². The van der Waals surface area contributed by atoms with Crippen molar-refractivity contribution in [3.05, 3.63) is 75.6 Å². The minimum atomic E-state index is -1.19. The number of fused-ring (bicyclic) bond motifs is 1. The van der Waals surface area contributed by atoms with Gasteiger partial charge in [0.25, 0.3) is 0 Å². The van der Waals surface area contributed by atoms with Crippen LogP contribution in [-0.2, 0) is 5.60 Å². The fraction of sp³-hybridized carbons (Fsp3) is 0.300. The summed E-state index contributed by atoms with van der Waals surface area (Å²) in [7, 11) is 0. The number of hydrogen-bond acceptors (Lipinski definition) is 3. The molecule has 2 heterocycles. The van der Waals surface area contributed by atoms with E-state index < -0.39 is 11.4 Å². The molecule has 1 aliphatic heterocycles. The van der Waals surface area contributed by atoms with Crippen molar-refractivity contribution in [2.45, 2.75) is 31.4 Å². The first-order chi connectivity index (χ1) is 12.4. The summed E-state index contributed by atoms with van der Waals surface area (Å²) in [5, 5.41) is 20.5. The zero-order valence-electron chi connectivity index (χ0n) is 14.2. The molecule has 2 aliphatic rings. The van der Waals surface area contributed by atoms with Crippen molar-refractivity contribution in [1.82, 2.24) is 9.55 Å². The van der Waals surface area contributed by atoms with Crippen LogP contribution in [0.3, 0.4) is 0 Å². The van der Waals surface area contributed by atoms with Crippen molar-refractivity contribution in [2.75, 3.05) is 0 Å². The van der Waals surface area contributed by atoms with Gasteiger partial charge in [-0.3, -0.25) is 0 Å². The number of halogens is 2. The fourth-order valence-electron chi connectivity index (χ4n) is 4.11. The Bertz CT molecular complexity index is 987. The van der Waals surface area contributed by atoms with E-state index in [9.17, 15) is 9.50 Å². The normalized spacial score (nSPS) is 27.5. The lowest BCUT2D eigenvalue weighted by Crippen LogP contribution is -2.30. The van der Waals surface area contributed by atoms with E-state index in [4.69, 9.17) is 5.26 Å². The summed E-state index contributed by atoms with van der Waals surface area (Å²) in [4.78, 5) is 4.19. The first-order valence-electron chi connectivity index (χ1n) is 8.45. The van der Waals surface area contributed by atoms with Crippen molar-refractivity contribution in [3.8, 4) is 6.07 Å². The minimum Gasteiger partial charge on any atom is -0.379 e. The van der Waals surface area contributed by atoms with Gasteiger partial charge >= 0.3 is 0 Å². The standard InChI is InChI=1S/C20H17BrFN3O/c1-12-6-14(21)3-5-16(12)20(26)8-18(25-11-24-10-19(20)25)15-4-2-13(9-23)7-17(15)22/h2-5,7,10-12,18,26H,6,8H2,1H3/t12?,18-,20?/m1/s1. The van der Waals surface area contributed by atoms with Gasteiger partial charge in [-0.05, 0) is 34.5 Å². The van der Waals surface area contributed by atoms with Crippen LogP contribution in [0.1, 0.15) is 42.6 Å². The largest absolute Gasteiger partial charge is 0.379 e. The summed E-state index contributed by atoms with van der Waals surface area (Å²) in [5.74, 6) is -0.279. The fourth-order valence-corrected chi connectivity index (χ4v) is 4.73. The van der Waals surface area contributed by atoms with Gasteiger partial charge in [0.1, 0.15) is 11.4 Å². The lowest BCUT2D eigenvalue weighted by atomic mass is 9.77. The summed E-state index contributed by atoms with van der Waals surface area (Å²) in [6.45, 7) is 2.08.